The monoisotopic (exact) mass is 364 g/mol. The fraction of sp³-hybridized carbons (Fsp3) is 0.600. The molecule has 2 aromatic rings. The average Bonchev–Trinajstić information content (AvgIpc) is 3.04. The molecule has 4 heterocycles. The first kappa shape index (κ1) is 17.1. The molecule has 140 valence electrons. The third-order valence-corrected chi connectivity index (χ3v) is 4.88. The molecule has 0 radical (unpaired) electrons. The van der Waals surface area contributed by atoms with Crippen LogP contribution in [0.1, 0.15) is 26.5 Å². The van der Waals surface area contributed by atoms with E-state index in [1.54, 1.807) is 16.7 Å². The Kier molecular flexibility index (Phi) is 3.84. The molecule has 2 saturated heterocycles. The van der Waals surface area contributed by atoms with Crippen LogP contribution < -0.4 is 10.9 Å². The molecule has 1 unspecified atom stereocenters. The Hall–Kier alpha value is -2.34. The van der Waals surface area contributed by atoms with E-state index in [0.29, 0.717) is 13.0 Å². The number of nitrogens with zero attached hydrogens (tertiary/aromatic N) is 4. The number of H-pyrrole nitrogens is 1. The maximum Gasteiger partial charge on any atom is 0.280 e. The Morgan fingerprint density at radius 3 is 3.04 bits per heavy atom. The highest BCUT2D eigenvalue weighted by Gasteiger charge is 2.59. The molecule has 2 aliphatic heterocycles. The number of aliphatic hydroxyl groups is 1. The van der Waals surface area contributed by atoms with E-state index < -0.39 is 29.6 Å². The number of likely N-dealkylation sites (N-methyl/N-ethyl adjacent to an activating group) is 1. The predicted octanol–water partition coefficient (Wildman–Crippen LogP) is -0.638. The van der Waals surface area contributed by atoms with E-state index in [1.807, 2.05) is 6.92 Å². The summed E-state index contributed by atoms with van der Waals surface area (Å²) in [5.74, 6) is -0.349. The third kappa shape index (κ3) is 2.43. The van der Waals surface area contributed by atoms with Crippen LogP contribution in [0.5, 0.6) is 0 Å². The number of carbonyl (C=O) groups is 1. The maximum atomic E-state index is 12.2. The number of ether oxygens (including phenoxy) is 1. The Labute approximate surface area is 147 Å². The van der Waals surface area contributed by atoms with Crippen LogP contribution >= 0.6 is 0 Å². The first-order valence-corrected chi connectivity index (χ1v) is 8.33. The van der Waals surface area contributed by atoms with Gasteiger partial charge >= 0.3 is 0 Å². The number of aliphatic hydroxyl groups excluding tert-OH is 1. The lowest BCUT2D eigenvalue weighted by molar-refractivity contribution is -0.252. The molecule has 11 heteroatoms. The van der Waals surface area contributed by atoms with Gasteiger partial charge in [0, 0.05) is 14.0 Å². The molecule has 2 aliphatic rings. The van der Waals surface area contributed by atoms with Gasteiger partial charge < -0.3 is 9.84 Å². The fourth-order valence-corrected chi connectivity index (χ4v) is 3.65. The van der Waals surface area contributed by atoms with Gasteiger partial charge in [0.15, 0.2) is 23.5 Å². The van der Waals surface area contributed by atoms with Crippen molar-refractivity contribution in [2.24, 2.45) is 0 Å². The summed E-state index contributed by atoms with van der Waals surface area (Å²) in [5.41, 5.74) is -0.916. The summed E-state index contributed by atoms with van der Waals surface area (Å²) in [5, 5.41) is 14.8. The Bertz CT molecular complexity index is 925. The molecule has 0 aliphatic carbocycles. The quantitative estimate of drug-likeness (QED) is 0.655. The topological polar surface area (TPSA) is 135 Å². The lowest BCUT2D eigenvalue weighted by Gasteiger charge is -2.39. The summed E-state index contributed by atoms with van der Waals surface area (Å²) >= 11 is 0. The molecule has 1 amide bonds. The van der Waals surface area contributed by atoms with Gasteiger partial charge in [-0.2, -0.15) is 10.0 Å². The number of amides is 1. The van der Waals surface area contributed by atoms with Crippen molar-refractivity contribution in [2.45, 2.75) is 44.3 Å². The van der Waals surface area contributed by atoms with Crippen molar-refractivity contribution in [3.63, 3.8) is 0 Å². The molecule has 0 spiro atoms. The summed E-state index contributed by atoms with van der Waals surface area (Å²) in [6.07, 6.45) is -0.194. The number of fused-ring (bicyclic) bond motifs is 3. The van der Waals surface area contributed by atoms with E-state index in [0.717, 1.165) is 0 Å². The number of aromatic nitrogens is 4. The molecule has 26 heavy (non-hydrogen) atoms. The lowest BCUT2D eigenvalue weighted by atomic mass is 9.91. The molecule has 4 atom stereocenters. The van der Waals surface area contributed by atoms with Gasteiger partial charge in [-0.3, -0.25) is 29.3 Å². The van der Waals surface area contributed by atoms with Gasteiger partial charge in [0.1, 0.15) is 11.7 Å². The van der Waals surface area contributed by atoms with Crippen LogP contribution in [0.4, 0.5) is 5.95 Å². The Balaban J connectivity index is 1.81. The SMILES string of the molecule is CC[C@@]12CN(C)OC([C@H](n3cnc4c(=O)[nH]c(NC(C)=O)nc43)O1)[C@H]2O. The van der Waals surface area contributed by atoms with Crippen LogP contribution in [0.2, 0.25) is 0 Å². The lowest BCUT2D eigenvalue weighted by Crippen LogP contribution is -2.56. The smallest absolute Gasteiger partial charge is 0.280 e. The van der Waals surface area contributed by atoms with Crippen molar-refractivity contribution in [3.8, 4) is 0 Å². The number of hydrogen-bond acceptors (Lipinski definition) is 8. The minimum Gasteiger partial charge on any atom is -0.387 e. The van der Waals surface area contributed by atoms with Crippen molar-refractivity contribution < 1.29 is 19.5 Å². The number of nitrogens with one attached hydrogen (secondary N) is 2. The van der Waals surface area contributed by atoms with Gasteiger partial charge in [0.05, 0.1) is 12.9 Å². The molecular formula is C15H20N6O5. The fourth-order valence-electron chi connectivity index (χ4n) is 3.65. The van der Waals surface area contributed by atoms with Gasteiger partial charge in [0.2, 0.25) is 11.9 Å². The molecule has 3 N–H and O–H groups in total. The molecule has 2 aromatic heterocycles. The molecule has 0 aromatic carbocycles. The summed E-state index contributed by atoms with van der Waals surface area (Å²) in [4.78, 5) is 40.1. The predicted molar refractivity (Wildman–Crippen MR) is 89.1 cm³/mol. The van der Waals surface area contributed by atoms with E-state index in [-0.39, 0.29) is 23.0 Å². The van der Waals surface area contributed by atoms with Gasteiger partial charge in [-0.25, -0.2) is 4.98 Å². The maximum absolute atomic E-state index is 12.2. The first-order valence-electron chi connectivity index (χ1n) is 8.33. The molecule has 0 saturated carbocycles. The van der Waals surface area contributed by atoms with Crippen LogP contribution in [0.3, 0.4) is 0 Å². The largest absolute Gasteiger partial charge is 0.387 e. The van der Waals surface area contributed by atoms with Crippen LogP contribution in [0, 0.1) is 0 Å². The third-order valence-electron chi connectivity index (χ3n) is 4.88. The van der Waals surface area contributed by atoms with Crippen LogP contribution in [-0.4, -0.2) is 67.0 Å². The second-order valence-corrected chi connectivity index (χ2v) is 6.65. The molecule has 11 nitrogen and oxygen atoms in total. The highest BCUT2D eigenvalue weighted by molar-refractivity contribution is 5.87. The number of rotatable bonds is 3. The Morgan fingerprint density at radius 2 is 2.35 bits per heavy atom. The second kappa shape index (κ2) is 5.84. The molecule has 2 bridgehead atoms. The number of hydroxylamine groups is 2. The van der Waals surface area contributed by atoms with Crippen molar-refractivity contribution in [3.05, 3.63) is 16.7 Å². The summed E-state index contributed by atoms with van der Waals surface area (Å²) in [6.45, 7) is 3.66. The highest BCUT2D eigenvalue weighted by atomic mass is 16.7. The zero-order valence-corrected chi connectivity index (χ0v) is 14.6. The average molecular weight is 364 g/mol. The van der Waals surface area contributed by atoms with E-state index in [1.165, 1.54) is 13.3 Å². The van der Waals surface area contributed by atoms with Crippen LogP contribution in [0.25, 0.3) is 11.2 Å². The molecule has 2 fully saturated rings. The van der Waals surface area contributed by atoms with Gasteiger partial charge in [-0.15, -0.1) is 0 Å². The standard InChI is InChI=1S/C15H20N6O5/c1-4-15-5-20(3)26-9(10(15)23)13(25-15)21-6-16-8-11(21)18-14(17-7(2)22)19-12(8)24/h6,9-10,13,23H,4-5H2,1-3H3,(H2,17,18,19,22,24)/t9?,10-,13-,15+/m1/s1. The number of imidazole rings is 1. The number of hydrogen-bond donors (Lipinski definition) is 3. The first-order chi connectivity index (χ1) is 12.3. The van der Waals surface area contributed by atoms with E-state index in [9.17, 15) is 14.7 Å². The van der Waals surface area contributed by atoms with E-state index in [2.05, 4.69) is 20.3 Å². The number of aromatic amines is 1. The second-order valence-electron chi connectivity index (χ2n) is 6.65. The van der Waals surface area contributed by atoms with E-state index >= 15 is 0 Å². The number of anilines is 1. The van der Waals surface area contributed by atoms with Gasteiger partial charge in [-0.1, -0.05) is 6.92 Å². The molecule has 4 rings (SSSR count). The van der Waals surface area contributed by atoms with Gasteiger partial charge in [-0.05, 0) is 6.42 Å². The van der Waals surface area contributed by atoms with Gasteiger partial charge in [0.25, 0.3) is 5.56 Å². The number of carbonyl (C=O) groups excluding carboxylic acids is 1. The normalized spacial score (nSPS) is 31.5. The highest BCUT2D eigenvalue weighted by Crippen LogP contribution is 2.45. The summed E-state index contributed by atoms with van der Waals surface area (Å²) in [6, 6.07) is 0. The minimum atomic E-state index is -0.831. The van der Waals surface area contributed by atoms with Crippen molar-refractivity contribution in [2.75, 3.05) is 18.9 Å². The summed E-state index contributed by atoms with van der Waals surface area (Å²) in [7, 11) is 1.78. The van der Waals surface area contributed by atoms with Crippen molar-refractivity contribution in [1.29, 1.82) is 0 Å². The van der Waals surface area contributed by atoms with Crippen LogP contribution in [-0.2, 0) is 14.4 Å². The summed E-state index contributed by atoms with van der Waals surface area (Å²) < 4.78 is 7.74. The van der Waals surface area contributed by atoms with Crippen molar-refractivity contribution >= 4 is 23.0 Å². The zero-order valence-electron chi connectivity index (χ0n) is 14.6. The van der Waals surface area contributed by atoms with E-state index in [4.69, 9.17) is 9.57 Å². The molecular weight excluding hydrogens is 344 g/mol. The zero-order chi connectivity index (χ0) is 18.6. The van der Waals surface area contributed by atoms with Crippen molar-refractivity contribution in [1.82, 2.24) is 24.6 Å². The van der Waals surface area contributed by atoms with Crippen LogP contribution in [0.15, 0.2) is 11.1 Å². The minimum absolute atomic E-state index is 0.0153. The Morgan fingerprint density at radius 1 is 1.58 bits per heavy atom.